The predicted octanol–water partition coefficient (Wildman–Crippen LogP) is -0.277. The molecular formula is C10H21N3O2. The summed E-state index contributed by atoms with van der Waals surface area (Å²) >= 11 is 0. The lowest BCUT2D eigenvalue weighted by Crippen LogP contribution is -2.56. The van der Waals surface area contributed by atoms with Gasteiger partial charge in [-0.05, 0) is 5.41 Å². The number of morpholine rings is 1. The van der Waals surface area contributed by atoms with Crippen molar-refractivity contribution < 1.29 is 9.53 Å². The molecule has 0 saturated carbocycles. The molecule has 0 aliphatic carbocycles. The van der Waals surface area contributed by atoms with Crippen molar-refractivity contribution in [1.82, 2.24) is 10.4 Å². The van der Waals surface area contributed by atoms with Crippen LogP contribution >= 0.6 is 0 Å². The van der Waals surface area contributed by atoms with E-state index in [0.717, 1.165) is 13.1 Å². The lowest BCUT2D eigenvalue weighted by molar-refractivity contribution is -0.131. The van der Waals surface area contributed by atoms with Gasteiger partial charge in [0.2, 0.25) is 0 Å². The van der Waals surface area contributed by atoms with Crippen LogP contribution in [-0.2, 0) is 9.53 Å². The molecule has 5 heteroatoms. The third-order valence-electron chi connectivity index (χ3n) is 2.49. The van der Waals surface area contributed by atoms with Crippen LogP contribution in [-0.4, -0.2) is 43.3 Å². The van der Waals surface area contributed by atoms with E-state index in [1.165, 1.54) is 0 Å². The smallest absolute Gasteiger partial charge is 0.251 e. The van der Waals surface area contributed by atoms with Gasteiger partial charge in [0.05, 0.1) is 19.3 Å². The Hall–Kier alpha value is -0.650. The normalized spacial score (nSPS) is 21.1. The molecule has 0 aromatic rings. The standard InChI is InChI=1S/C10H21N3O2/c1-10(2,3)8(11)9(14)12-13-4-6-15-7-5-13/h8H,4-7,11H2,1-3H3,(H,12,14)/t8-/m0/s1. The maximum atomic E-state index is 11.7. The molecule has 1 atom stereocenters. The van der Waals surface area contributed by atoms with E-state index in [2.05, 4.69) is 5.43 Å². The summed E-state index contributed by atoms with van der Waals surface area (Å²) in [4.78, 5) is 11.7. The maximum absolute atomic E-state index is 11.7. The zero-order chi connectivity index (χ0) is 11.5. The lowest BCUT2D eigenvalue weighted by atomic mass is 9.87. The number of hydrazine groups is 1. The second kappa shape index (κ2) is 4.92. The summed E-state index contributed by atoms with van der Waals surface area (Å²) < 4.78 is 5.18. The number of nitrogens with two attached hydrogens (primary N) is 1. The molecule has 1 aliphatic rings. The third kappa shape index (κ3) is 3.77. The number of nitrogens with one attached hydrogen (secondary N) is 1. The summed E-state index contributed by atoms with van der Waals surface area (Å²) in [6.45, 7) is 8.63. The van der Waals surface area contributed by atoms with Gasteiger partial charge in [-0.3, -0.25) is 10.2 Å². The molecule has 3 N–H and O–H groups in total. The first-order valence-corrected chi connectivity index (χ1v) is 5.30. The zero-order valence-electron chi connectivity index (χ0n) is 9.75. The highest BCUT2D eigenvalue weighted by atomic mass is 16.5. The summed E-state index contributed by atoms with van der Waals surface area (Å²) in [6.07, 6.45) is 0. The first-order chi connectivity index (χ1) is 6.91. The molecule has 0 spiro atoms. The largest absolute Gasteiger partial charge is 0.379 e. The van der Waals surface area contributed by atoms with Gasteiger partial charge in [-0.1, -0.05) is 20.8 Å². The van der Waals surface area contributed by atoms with Gasteiger partial charge in [0.15, 0.2) is 0 Å². The van der Waals surface area contributed by atoms with Gasteiger partial charge in [-0.15, -0.1) is 0 Å². The molecule has 0 unspecified atom stereocenters. The molecule has 1 amide bonds. The average molecular weight is 215 g/mol. The number of hydrogen-bond acceptors (Lipinski definition) is 4. The second-order valence-corrected chi connectivity index (χ2v) is 4.92. The topological polar surface area (TPSA) is 67.6 Å². The summed E-state index contributed by atoms with van der Waals surface area (Å²) in [6, 6.07) is -0.486. The Morgan fingerprint density at radius 1 is 1.40 bits per heavy atom. The van der Waals surface area contributed by atoms with Crippen LogP contribution in [0.2, 0.25) is 0 Å². The van der Waals surface area contributed by atoms with Crippen molar-refractivity contribution in [3.63, 3.8) is 0 Å². The predicted molar refractivity (Wildman–Crippen MR) is 58.0 cm³/mol. The fraction of sp³-hybridized carbons (Fsp3) is 0.900. The summed E-state index contributed by atoms with van der Waals surface area (Å²) in [5, 5.41) is 1.86. The van der Waals surface area contributed by atoms with Crippen LogP contribution in [0.5, 0.6) is 0 Å². The van der Waals surface area contributed by atoms with Crippen LogP contribution in [0, 0.1) is 5.41 Å². The first kappa shape index (κ1) is 12.4. The minimum atomic E-state index is -0.486. The van der Waals surface area contributed by atoms with Crippen LogP contribution in [0.3, 0.4) is 0 Å². The highest BCUT2D eigenvalue weighted by molar-refractivity contribution is 5.81. The number of ether oxygens (including phenoxy) is 1. The van der Waals surface area contributed by atoms with Crippen molar-refractivity contribution in [2.75, 3.05) is 26.3 Å². The van der Waals surface area contributed by atoms with Crippen LogP contribution in [0.1, 0.15) is 20.8 Å². The molecule has 0 bridgehead atoms. The van der Waals surface area contributed by atoms with Crippen molar-refractivity contribution >= 4 is 5.91 Å². The molecule has 0 aromatic carbocycles. The van der Waals surface area contributed by atoms with Gasteiger partial charge in [0.25, 0.3) is 5.91 Å². The van der Waals surface area contributed by atoms with E-state index in [0.29, 0.717) is 13.2 Å². The molecule has 0 radical (unpaired) electrons. The van der Waals surface area contributed by atoms with Crippen LogP contribution in [0.15, 0.2) is 0 Å². The monoisotopic (exact) mass is 215 g/mol. The van der Waals surface area contributed by atoms with Crippen molar-refractivity contribution in [3.05, 3.63) is 0 Å². The molecule has 1 saturated heterocycles. The Labute approximate surface area is 90.9 Å². The van der Waals surface area contributed by atoms with Crippen molar-refractivity contribution in [2.24, 2.45) is 11.1 Å². The average Bonchev–Trinajstić information content (AvgIpc) is 2.16. The van der Waals surface area contributed by atoms with Crippen molar-refractivity contribution in [1.29, 1.82) is 0 Å². The van der Waals surface area contributed by atoms with E-state index >= 15 is 0 Å². The van der Waals surface area contributed by atoms with Crippen LogP contribution in [0.25, 0.3) is 0 Å². The van der Waals surface area contributed by atoms with E-state index in [9.17, 15) is 4.79 Å². The fourth-order valence-electron chi connectivity index (χ4n) is 1.29. The molecule has 88 valence electrons. The van der Waals surface area contributed by atoms with Gasteiger partial charge < -0.3 is 10.5 Å². The highest BCUT2D eigenvalue weighted by Crippen LogP contribution is 2.17. The number of nitrogens with zero attached hydrogens (tertiary/aromatic N) is 1. The van der Waals surface area contributed by atoms with E-state index in [1.54, 1.807) is 0 Å². The number of carbonyl (C=O) groups excluding carboxylic acids is 1. The van der Waals surface area contributed by atoms with Gasteiger partial charge >= 0.3 is 0 Å². The van der Waals surface area contributed by atoms with Crippen molar-refractivity contribution in [2.45, 2.75) is 26.8 Å². The van der Waals surface area contributed by atoms with Gasteiger partial charge in [0, 0.05) is 13.1 Å². The van der Waals surface area contributed by atoms with Gasteiger partial charge in [0.1, 0.15) is 0 Å². The van der Waals surface area contributed by atoms with Gasteiger partial charge in [-0.2, -0.15) is 0 Å². The molecule has 5 nitrogen and oxygen atoms in total. The zero-order valence-corrected chi connectivity index (χ0v) is 9.75. The lowest BCUT2D eigenvalue weighted by Gasteiger charge is -2.31. The maximum Gasteiger partial charge on any atom is 0.251 e. The molecule has 1 aliphatic heterocycles. The number of rotatable bonds is 2. The fourth-order valence-corrected chi connectivity index (χ4v) is 1.29. The number of hydrogen-bond donors (Lipinski definition) is 2. The van der Waals surface area contributed by atoms with E-state index in [1.807, 2.05) is 25.8 Å². The van der Waals surface area contributed by atoms with Gasteiger partial charge in [-0.25, -0.2) is 5.01 Å². The van der Waals surface area contributed by atoms with E-state index < -0.39 is 6.04 Å². The quantitative estimate of drug-likeness (QED) is 0.665. The number of amides is 1. The molecule has 1 heterocycles. The van der Waals surface area contributed by atoms with E-state index in [4.69, 9.17) is 10.5 Å². The van der Waals surface area contributed by atoms with Crippen molar-refractivity contribution in [3.8, 4) is 0 Å². The third-order valence-corrected chi connectivity index (χ3v) is 2.49. The Kier molecular flexibility index (Phi) is 4.07. The molecule has 1 fully saturated rings. The molecular weight excluding hydrogens is 194 g/mol. The Morgan fingerprint density at radius 2 is 1.93 bits per heavy atom. The minimum absolute atomic E-state index is 0.121. The highest BCUT2D eigenvalue weighted by Gasteiger charge is 2.28. The molecule has 0 aromatic heterocycles. The molecule has 1 rings (SSSR count). The number of carbonyl (C=O) groups is 1. The first-order valence-electron chi connectivity index (χ1n) is 5.30. The summed E-state index contributed by atoms with van der Waals surface area (Å²) in [7, 11) is 0. The van der Waals surface area contributed by atoms with E-state index in [-0.39, 0.29) is 11.3 Å². The second-order valence-electron chi connectivity index (χ2n) is 4.92. The Bertz CT molecular complexity index is 219. The summed E-state index contributed by atoms with van der Waals surface area (Å²) in [5.74, 6) is -0.121. The minimum Gasteiger partial charge on any atom is -0.379 e. The Balaban J connectivity index is 2.40. The van der Waals surface area contributed by atoms with Crippen LogP contribution < -0.4 is 11.2 Å². The summed E-state index contributed by atoms with van der Waals surface area (Å²) in [5.41, 5.74) is 8.44. The van der Waals surface area contributed by atoms with Crippen LogP contribution in [0.4, 0.5) is 0 Å². The Morgan fingerprint density at radius 3 is 2.40 bits per heavy atom. The molecule has 15 heavy (non-hydrogen) atoms. The SMILES string of the molecule is CC(C)(C)[C@@H](N)C(=O)NN1CCOCC1.